The first-order valence-corrected chi connectivity index (χ1v) is 6.75. The Bertz CT molecular complexity index is 254. The van der Waals surface area contributed by atoms with Crippen LogP contribution in [0, 0.1) is 5.41 Å². The molecule has 3 heteroatoms. The Morgan fingerprint density at radius 1 is 1.25 bits per heavy atom. The van der Waals surface area contributed by atoms with Crippen LogP contribution in [0.15, 0.2) is 4.99 Å². The summed E-state index contributed by atoms with van der Waals surface area (Å²) in [6.45, 7) is 5.53. The van der Waals surface area contributed by atoms with Gasteiger partial charge in [-0.25, -0.2) is 0 Å². The first kappa shape index (κ1) is 11.7. The fourth-order valence-corrected chi connectivity index (χ4v) is 3.32. The Morgan fingerprint density at radius 3 is 2.62 bits per heavy atom. The molecule has 1 aliphatic carbocycles. The van der Waals surface area contributed by atoms with Crippen LogP contribution in [0.25, 0.3) is 0 Å². The molecule has 1 N–H and O–H groups in total. The zero-order valence-electron chi connectivity index (χ0n) is 10.8. The van der Waals surface area contributed by atoms with E-state index in [1.54, 1.807) is 0 Å². The van der Waals surface area contributed by atoms with Crippen molar-refractivity contribution in [2.45, 2.75) is 45.4 Å². The largest absolute Gasteiger partial charge is 0.357 e. The topological polar surface area (TPSA) is 27.6 Å². The molecule has 0 aromatic rings. The van der Waals surface area contributed by atoms with Gasteiger partial charge in [-0.1, -0.05) is 19.3 Å². The van der Waals surface area contributed by atoms with Gasteiger partial charge in [0.2, 0.25) is 0 Å². The van der Waals surface area contributed by atoms with E-state index in [0.717, 1.165) is 12.5 Å². The Hall–Kier alpha value is -0.730. The Labute approximate surface area is 99.3 Å². The van der Waals surface area contributed by atoms with Crippen LogP contribution in [0.1, 0.15) is 45.4 Å². The second kappa shape index (κ2) is 5.07. The summed E-state index contributed by atoms with van der Waals surface area (Å²) in [5.41, 5.74) is 0.629. The lowest BCUT2D eigenvalue weighted by Gasteiger charge is -2.33. The third-order valence-corrected chi connectivity index (χ3v) is 4.20. The SMILES string of the molecule is CCNC(=NC)N1CCC2(CCCCC2)C1. The summed E-state index contributed by atoms with van der Waals surface area (Å²) in [7, 11) is 1.89. The quantitative estimate of drug-likeness (QED) is 0.545. The van der Waals surface area contributed by atoms with Gasteiger partial charge >= 0.3 is 0 Å². The van der Waals surface area contributed by atoms with Crippen molar-refractivity contribution in [3.8, 4) is 0 Å². The molecule has 1 saturated heterocycles. The molecule has 0 unspecified atom stereocenters. The van der Waals surface area contributed by atoms with Gasteiger partial charge in [-0.05, 0) is 31.6 Å². The van der Waals surface area contributed by atoms with E-state index >= 15 is 0 Å². The highest BCUT2D eigenvalue weighted by atomic mass is 15.3. The van der Waals surface area contributed by atoms with Crippen molar-refractivity contribution in [2.75, 3.05) is 26.7 Å². The van der Waals surface area contributed by atoms with Crippen molar-refractivity contribution in [1.82, 2.24) is 10.2 Å². The molecule has 0 atom stereocenters. The van der Waals surface area contributed by atoms with E-state index in [1.807, 2.05) is 7.05 Å². The molecule has 0 amide bonds. The molecule has 3 nitrogen and oxygen atoms in total. The van der Waals surface area contributed by atoms with Crippen LogP contribution in [0.5, 0.6) is 0 Å². The van der Waals surface area contributed by atoms with Gasteiger partial charge in [-0.2, -0.15) is 0 Å². The van der Waals surface area contributed by atoms with Crippen molar-refractivity contribution in [2.24, 2.45) is 10.4 Å². The highest BCUT2D eigenvalue weighted by molar-refractivity contribution is 5.80. The predicted molar refractivity (Wildman–Crippen MR) is 68.7 cm³/mol. The molecule has 16 heavy (non-hydrogen) atoms. The summed E-state index contributed by atoms with van der Waals surface area (Å²) in [6, 6.07) is 0. The number of likely N-dealkylation sites (tertiary alicyclic amines) is 1. The first-order chi connectivity index (χ1) is 7.79. The lowest BCUT2D eigenvalue weighted by Crippen LogP contribution is -2.41. The van der Waals surface area contributed by atoms with E-state index in [1.165, 1.54) is 51.6 Å². The molecule has 0 bridgehead atoms. The van der Waals surface area contributed by atoms with Gasteiger partial charge in [0, 0.05) is 26.7 Å². The van der Waals surface area contributed by atoms with Crippen LogP contribution in [0.3, 0.4) is 0 Å². The van der Waals surface area contributed by atoms with Crippen LogP contribution < -0.4 is 5.32 Å². The van der Waals surface area contributed by atoms with Crippen molar-refractivity contribution in [1.29, 1.82) is 0 Å². The van der Waals surface area contributed by atoms with Gasteiger partial charge in [0.15, 0.2) is 5.96 Å². The minimum absolute atomic E-state index is 0.629. The summed E-state index contributed by atoms with van der Waals surface area (Å²) in [5.74, 6) is 1.10. The van der Waals surface area contributed by atoms with Crippen LogP contribution in [-0.2, 0) is 0 Å². The number of hydrogen-bond acceptors (Lipinski definition) is 1. The monoisotopic (exact) mass is 223 g/mol. The Kier molecular flexibility index (Phi) is 3.72. The molecule has 1 aliphatic heterocycles. The van der Waals surface area contributed by atoms with Crippen molar-refractivity contribution in [3.63, 3.8) is 0 Å². The molecule has 0 aromatic carbocycles. The molecule has 1 spiro atoms. The minimum atomic E-state index is 0.629. The van der Waals surface area contributed by atoms with Crippen LogP contribution >= 0.6 is 0 Å². The molecule has 0 aromatic heterocycles. The Morgan fingerprint density at radius 2 is 2.00 bits per heavy atom. The van der Waals surface area contributed by atoms with Gasteiger partial charge < -0.3 is 10.2 Å². The molecule has 0 radical (unpaired) electrons. The van der Waals surface area contributed by atoms with Crippen molar-refractivity contribution >= 4 is 5.96 Å². The zero-order chi connectivity index (χ0) is 11.4. The highest BCUT2D eigenvalue weighted by Gasteiger charge is 2.39. The summed E-state index contributed by atoms with van der Waals surface area (Å²) < 4.78 is 0. The van der Waals surface area contributed by atoms with Gasteiger partial charge in [0.1, 0.15) is 0 Å². The molecule has 2 fully saturated rings. The first-order valence-electron chi connectivity index (χ1n) is 6.75. The minimum Gasteiger partial charge on any atom is -0.357 e. The number of nitrogens with one attached hydrogen (secondary N) is 1. The standard InChI is InChI=1S/C13H25N3/c1-3-15-12(14-2)16-10-9-13(11-16)7-5-4-6-8-13/h3-11H2,1-2H3,(H,14,15). The van der Waals surface area contributed by atoms with E-state index < -0.39 is 0 Å². The fraction of sp³-hybridized carbons (Fsp3) is 0.923. The maximum absolute atomic E-state index is 4.37. The van der Waals surface area contributed by atoms with Crippen molar-refractivity contribution in [3.05, 3.63) is 0 Å². The maximum Gasteiger partial charge on any atom is 0.193 e. The van der Waals surface area contributed by atoms with Gasteiger partial charge in [-0.15, -0.1) is 0 Å². The zero-order valence-corrected chi connectivity index (χ0v) is 10.8. The van der Waals surface area contributed by atoms with E-state index in [0.29, 0.717) is 5.41 Å². The molecular weight excluding hydrogens is 198 g/mol. The maximum atomic E-state index is 4.37. The highest BCUT2D eigenvalue weighted by Crippen LogP contribution is 2.43. The Balaban J connectivity index is 1.96. The summed E-state index contributed by atoms with van der Waals surface area (Å²) >= 11 is 0. The third-order valence-electron chi connectivity index (χ3n) is 4.20. The van der Waals surface area contributed by atoms with Gasteiger partial charge in [0.05, 0.1) is 0 Å². The lowest BCUT2D eigenvalue weighted by atomic mass is 9.73. The van der Waals surface area contributed by atoms with Crippen LogP contribution in [0.2, 0.25) is 0 Å². The smallest absolute Gasteiger partial charge is 0.193 e. The summed E-state index contributed by atoms with van der Waals surface area (Å²) in [6.07, 6.45) is 8.57. The normalized spacial score (nSPS) is 25.1. The third kappa shape index (κ3) is 2.33. The van der Waals surface area contributed by atoms with E-state index in [-0.39, 0.29) is 0 Å². The summed E-state index contributed by atoms with van der Waals surface area (Å²) in [5, 5.41) is 3.37. The van der Waals surface area contributed by atoms with E-state index in [4.69, 9.17) is 0 Å². The van der Waals surface area contributed by atoms with E-state index in [2.05, 4.69) is 22.1 Å². The van der Waals surface area contributed by atoms with Gasteiger partial charge in [0.25, 0.3) is 0 Å². The molecule has 1 saturated carbocycles. The lowest BCUT2D eigenvalue weighted by molar-refractivity contribution is 0.203. The number of hydrogen-bond donors (Lipinski definition) is 1. The fourth-order valence-electron chi connectivity index (χ4n) is 3.32. The van der Waals surface area contributed by atoms with Crippen LogP contribution in [-0.4, -0.2) is 37.5 Å². The number of nitrogens with zero attached hydrogens (tertiary/aromatic N) is 2. The second-order valence-corrected chi connectivity index (χ2v) is 5.31. The summed E-state index contributed by atoms with van der Waals surface area (Å²) in [4.78, 5) is 6.82. The van der Waals surface area contributed by atoms with Gasteiger partial charge in [-0.3, -0.25) is 4.99 Å². The predicted octanol–water partition coefficient (Wildman–Crippen LogP) is 2.24. The molecule has 1 heterocycles. The number of aliphatic imine (C=N–C) groups is 1. The molecular formula is C13H25N3. The second-order valence-electron chi connectivity index (χ2n) is 5.31. The average molecular weight is 223 g/mol. The van der Waals surface area contributed by atoms with E-state index in [9.17, 15) is 0 Å². The number of guanidine groups is 1. The molecule has 2 aliphatic rings. The van der Waals surface area contributed by atoms with Crippen molar-refractivity contribution < 1.29 is 0 Å². The average Bonchev–Trinajstić information content (AvgIpc) is 2.71. The van der Waals surface area contributed by atoms with Crippen LogP contribution in [0.4, 0.5) is 0 Å². The molecule has 2 rings (SSSR count). The molecule has 92 valence electrons. The number of rotatable bonds is 1.